The Bertz CT molecular complexity index is 885. The van der Waals surface area contributed by atoms with Gasteiger partial charge in [-0.2, -0.15) is 5.10 Å². The largest absolute Gasteiger partial charge is 0.496 e. The quantitative estimate of drug-likeness (QED) is 0.830. The first-order valence-corrected chi connectivity index (χ1v) is 10.2. The molecule has 1 N–H and O–H groups in total. The molecule has 1 aliphatic heterocycles. The lowest BCUT2D eigenvalue weighted by Crippen LogP contribution is -2.35. The number of rotatable bonds is 6. The smallest absolute Gasteiger partial charge is 0.269 e. The van der Waals surface area contributed by atoms with E-state index in [4.69, 9.17) is 9.47 Å². The fourth-order valence-electron chi connectivity index (χ4n) is 4.39. The van der Waals surface area contributed by atoms with E-state index in [-0.39, 0.29) is 23.5 Å². The molecular weight excluding hydrogens is 354 g/mol. The van der Waals surface area contributed by atoms with Gasteiger partial charge in [-0.3, -0.25) is 9.48 Å². The second-order valence-corrected chi connectivity index (χ2v) is 7.98. The summed E-state index contributed by atoms with van der Waals surface area (Å²) in [6.07, 6.45) is 2.84. The standard InChI is InChI=1S/C22H29N3O3/c1-5-25-20(16-12-14(2)28-15(3)19(16)24-25)21(26)23-13-22(10-11-22)17-8-6-7-9-18(17)27-4/h6-9,14-15H,5,10-13H2,1-4H3,(H,23,26)/t14-,15+/m0/s1. The maximum atomic E-state index is 13.2. The molecule has 1 fully saturated rings. The summed E-state index contributed by atoms with van der Waals surface area (Å²) in [6, 6.07) is 8.11. The van der Waals surface area contributed by atoms with Crippen LogP contribution in [0.4, 0.5) is 0 Å². The molecule has 6 nitrogen and oxygen atoms in total. The Morgan fingerprint density at radius 1 is 1.36 bits per heavy atom. The van der Waals surface area contributed by atoms with Crippen LogP contribution < -0.4 is 10.1 Å². The molecule has 0 spiro atoms. The number of fused-ring (bicyclic) bond motifs is 1. The van der Waals surface area contributed by atoms with Crippen molar-refractivity contribution in [3.8, 4) is 5.75 Å². The van der Waals surface area contributed by atoms with E-state index in [0.717, 1.165) is 36.3 Å². The molecule has 6 heteroatoms. The average Bonchev–Trinajstić information content (AvgIpc) is 3.39. The second-order valence-electron chi connectivity index (χ2n) is 7.98. The lowest BCUT2D eigenvalue weighted by atomic mass is 9.94. The molecule has 1 aromatic heterocycles. The van der Waals surface area contributed by atoms with Gasteiger partial charge in [-0.05, 0) is 39.7 Å². The zero-order chi connectivity index (χ0) is 19.9. The van der Waals surface area contributed by atoms with Gasteiger partial charge in [0.2, 0.25) is 0 Å². The number of nitrogens with zero attached hydrogens (tertiary/aromatic N) is 2. The first-order chi connectivity index (χ1) is 13.5. The van der Waals surface area contributed by atoms with Crippen LogP contribution in [0.5, 0.6) is 5.75 Å². The monoisotopic (exact) mass is 383 g/mol. The van der Waals surface area contributed by atoms with E-state index in [1.165, 1.54) is 5.56 Å². The van der Waals surface area contributed by atoms with Gasteiger partial charge < -0.3 is 14.8 Å². The van der Waals surface area contributed by atoms with Crippen LogP contribution in [0.1, 0.15) is 67.0 Å². The van der Waals surface area contributed by atoms with Crippen molar-refractivity contribution in [3.63, 3.8) is 0 Å². The molecule has 1 amide bonds. The molecule has 0 bridgehead atoms. The minimum atomic E-state index is -0.0820. The van der Waals surface area contributed by atoms with Gasteiger partial charge in [-0.1, -0.05) is 18.2 Å². The average molecular weight is 383 g/mol. The zero-order valence-corrected chi connectivity index (χ0v) is 17.1. The number of hydrogen-bond donors (Lipinski definition) is 1. The number of hydrogen-bond acceptors (Lipinski definition) is 4. The summed E-state index contributed by atoms with van der Waals surface area (Å²) in [4.78, 5) is 13.2. The van der Waals surface area contributed by atoms with Crippen molar-refractivity contribution in [1.29, 1.82) is 0 Å². The van der Waals surface area contributed by atoms with Gasteiger partial charge in [0.1, 0.15) is 11.4 Å². The molecule has 2 heterocycles. The van der Waals surface area contributed by atoms with Gasteiger partial charge >= 0.3 is 0 Å². The van der Waals surface area contributed by atoms with E-state index in [1.54, 1.807) is 7.11 Å². The highest BCUT2D eigenvalue weighted by molar-refractivity contribution is 5.94. The number of ether oxygens (including phenoxy) is 2. The third-order valence-electron chi connectivity index (χ3n) is 6.03. The van der Waals surface area contributed by atoms with Crippen LogP contribution in [0.15, 0.2) is 24.3 Å². The van der Waals surface area contributed by atoms with Crippen LogP contribution in [0, 0.1) is 0 Å². The molecule has 0 unspecified atom stereocenters. The fraction of sp³-hybridized carbons (Fsp3) is 0.545. The van der Waals surface area contributed by atoms with Crippen molar-refractivity contribution in [2.75, 3.05) is 13.7 Å². The number of benzene rings is 1. The Kier molecular flexibility index (Phi) is 4.91. The van der Waals surface area contributed by atoms with Crippen LogP contribution in [0.25, 0.3) is 0 Å². The number of amides is 1. The van der Waals surface area contributed by atoms with Gasteiger partial charge in [-0.15, -0.1) is 0 Å². The highest BCUT2D eigenvalue weighted by Crippen LogP contribution is 2.50. The van der Waals surface area contributed by atoms with Crippen molar-refractivity contribution < 1.29 is 14.3 Å². The highest BCUT2D eigenvalue weighted by Gasteiger charge is 2.46. The molecule has 28 heavy (non-hydrogen) atoms. The summed E-state index contributed by atoms with van der Waals surface area (Å²) in [5.41, 5.74) is 3.78. The molecule has 2 aliphatic rings. The molecule has 1 saturated carbocycles. The van der Waals surface area contributed by atoms with Crippen LogP contribution in [-0.4, -0.2) is 35.4 Å². The molecule has 2 aromatic rings. The molecule has 1 aliphatic carbocycles. The molecular formula is C22H29N3O3. The van der Waals surface area contributed by atoms with Gasteiger partial charge in [0.25, 0.3) is 5.91 Å². The Morgan fingerprint density at radius 3 is 2.79 bits per heavy atom. The van der Waals surface area contributed by atoms with E-state index >= 15 is 0 Å². The van der Waals surface area contributed by atoms with E-state index in [9.17, 15) is 4.79 Å². The molecule has 150 valence electrons. The van der Waals surface area contributed by atoms with Crippen molar-refractivity contribution in [2.45, 2.75) is 64.2 Å². The summed E-state index contributed by atoms with van der Waals surface area (Å²) in [5.74, 6) is 0.850. The van der Waals surface area contributed by atoms with E-state index in [2.05, 4.69) is 16.5 Å². The van der Waals surface area contributed by atoms with Crippen molar-refractivity contribution in [1.82, 2.24) is 15.1 Å². The number of carbonyl (C=O) groups is 1. The normalized spacial score (nSPS) is 22.4. The van der Waals surface area contributed by atoms with E-state index in [0.29, 0.717) is 18.8 Å². The Labute approximate surface area is 166 Å². The SMILES string of the molecule is CCn1nc2c(c1C(=O)NCC1(c3ccccc3OC)CC1)C[C@H](C)O[C@@H]2C. The lowest BCUT2D eigenvalue weighted by molar-refractivity contribution is -0.00712. The summed E-state index contributed by atoms with van der Waals surface area (Å²) in [7, 11) is 1.70. The minimum Gasteiger partial charge on any atom is -0.496 e. The summed E-state index contributed by atoms with van der Waals surface area (Å²) in [5, 5.41) is 7.86. The highest BCUT2D eigenvalue weighted by atomic mass is 16.5. The van der Waals surface area contributed by atoms with Gasteiger partial charge in [0, 0.05) is 36.1 Å². The third kappa shape index (κ3) is 3.20. The molecule has 0 saturated heterocycles. The number of para-hydroxylation sites is 1. The number of carbonyl (C=O) groups excluding carboxylic acids is 1. The van der Waals surface area contributed by atoms with Crippen LogP contribution in [0.3, 0.4) is 0 Å². The zero-order valence-electron chi connectivity index (χ0n) is 17.1. The first-order valence-electron chi connectivity index (χ1n) is 10.2. The summed E-state index contributed by atoms with van der Waals surface area (Å²) < 4.78 is 13.3. The summed E-state index contributed by atoms with van der Waals surface area (Å²) >= 11 is 0. The van der Waals surface area contributed by atoms with Gasteiger partial charge in [0.05, 0.1) is 25.0 Å². The van der Waals surface area contributed by atoms with Crippen molar-refractivity contribution >= 4 is 5.91 Å². The number of methoxy groups -OCH3 is 1. The number of aryl methyl sites for hydroxylation is 1. The van der Waals surface area contributed by atoms with Crippen molar-refractivity contribution in [2.24, 2.45) is 0 Å². The van der Waals surface area contributed by atoms with E-state index in [1.807, 2.05) is 43.7 Å². The maximum Gasteiger partial charge on any atom is 0.269 e. The fourth-order valence-corrected chi connectivity index (χ4v) is 4.39. The topological polar surface area (TPSA) is 65.4 Å². The molecule has 4 rings (SSSR count). The molecule has 1 aromatic carbocycles. The number of aromatic nitrogens is 2. The lowest BCUT2D eigenvalue weighted by Gasteiger charge is -2.25. The molecule has 2 atom stereocenters. The Morgan fingerprint density at radius 2 is 2.11 bits per heavy atom. The van der Waals surface area contributed by atoms with E-state index < -0.39 is 0 Å². The Hall–Kier alpha value is -2.34. The van der Waals surface area contributed by atoms with Gasteiger partial charge in [-0.25, -0.2) is 0 Å². The minimum absolute atomic E-state index is 0.0247. The predicted molar refractivity (Wildman–Crippen MR) is 107 cm³/mol. The van der Waals surface area contributed by atoms with Crippen LogP contribution >= 0.6 is 0 Å². The van der Waals surface area contributed by atoms with Crippen LogP contribution in [0.2, 0.25) is 0 Å². The Balaban J connectivity index is 1.57. The first kappa shape index (κ1) is 19.0. The van der Waals surface area contributed by atoms with Crippen LogP contribution in [-0.2, 0) is 23.1 Å². The number of nitrogens with one attached hydrogen (secondary N) is 1. The van der Waals surface area contributed by atoms with Gasteiger partial charge in [0.15, 0.2) is 0 Å². The maximum absolute atomic E-state index is 13.2. The molecule has 0 radical (unpaired) electrons. The predicted octanol–water partition coefficient (Wildman–Crippen LogP) is 3.40. The summed E-state index contributed by atoms with van der Waals surface area (Å²) in [6.45, 7) is 7.34. The third-order valence-corrected chi connectivity index (χ3v) is 6.03. The van der Waals surface area contributed by atoms with Crippen molar-refractivity contribution in [3.05, 3.63) is 46.8 Å². The second kappa shape index (κ2) is 7.24.